The fourth-order valence-electron chi connectivity index (χ4n) is 0. The van der Waals surface area contributed by atoms with Gasteiger partial charge in [0.2, 0.25) is 0 Å². The van der Waals surface area contributed by atoms with Crippen molar-refractivity contribution in [3.8, 4) is 0 Å². The topological polar surface area (TPSA) is 77.8 Å². The predicted molar refractivity (Wildman–Crippen MR) is 13.1 cm³/mol. The zero-order chi connectivity index (χ0) is 4.50. The molecular formula is H3AsO4Ta. The van der Waals surface area contributed by atoms with Crippen molar-refractivity contribution in [1.29, 1.82) is 0 Å². The van der Waals surface area contributed by atoms with Crippen LogP contribution in [0.2, 0.25) is 0 Å². The second-order valence-corrected chi connectivity index (χ2v) is 2.67. The maximum atomic E-state index is 8.94. The Morgan fingerprint density at radius 2 is 1.17 bits per heavy atom. The molecular weight excluding hydrogens is 320 g/mol. The summed E-state index contributed by atoms with van der Waals surface area (Å²) >= 11 is -5.12. The van der Waals surface area contributed by atoms with Gasteiger partial charge >= 0.3 is 30.5 Å². The van der Waals surface area contributed by atoms with E-state index in [2.05, 4.69) is 0 Å². The largest absolute Gasteiger partial charge is 0 e. The molecule has 1 radical (unpaired) electrons. The molecule has 0 aliphatic rings. The molecule has 0 amide bonds. The molecule has 0 aliphatic carbocycles. The first kappa shape index (κ1) is 10.1. The van der Waals surface area contributed by atoms with Crippen LogP contribution >= 0.6 is 0 Å². The van der Waals surface area contributed by atoms with Crippen LogP contribution in [0.3, 0.4) is 0 Å². The Hall–Kier alpha value is 0.979. The van der Waals surface area contributed by atoms with Crippen molar-refractivity contribution in [2.45, 2.75) is 0 Å². The van der Waals surface area contributed by atoms with E-state index in [0.717, 1.165) is 0 Å². The van der Waals surface area contributed by atoms with Crippen LogP contribution in [0, 0.1) is 0 Å². The molecule has 37 valence electrons. The molecule has 0 aromatic heterocycles. The molecule has 0 fully saturated rings. The molecule has 6 heteroatoms. The van der Waals surface area contributed by atoms with Crippen LogP contribution in [0.4, 0.5) is 0 Å². The molecule has 0 atom stereocenters. The molecule has 0 saturated heterocycles. The molecule has 3 N–H and O–H groups in total. The Balaban J connectivity index is 0. The summed E-state index contributed by atoms with van der Waals surface area (Å²) in [5.41, 5.74) is 0. The van der Waals surface area contributed by atoms with Crippen molar-refractivity contribution >= 4 is 14.5 Å². The van der Waals surface area contributed by atoms with Gasteiger partial charge in [0.15, 0.2) is 0 Å². The fourth-order valence-corrected chi connectivity index (χ4v) is 0. The zero-order valence-corrected chi connectivity index (χ0v) is 7.73. The minimum absolute atomic E-state index is 0. The maximum Gasteiger partial charge on any atom is 0 e. The Kier molecular flexibility index (Phi) is 5.10. The molecule has 4 nitrogen and oxygen atoms in total. The molecule has 0 aliphatic heterocycles. The molecule has 0 unspecified atom stereocenters. The summed E-state index contributed by atoms with van der Waals surface area (Å²) in [6.45, 7) is 0. The Morgan fingerprint density at radius 3 is 1.17 bits per heavy atom. The Bertz CT molecular complexity index is 53.7. The average molecular weight is 323 g/mol. The Morgan fingerprint density at radius 1 is 1.17 bits per heavy atom. The summed E-state index contributed by atoms with van der Waals surface area (Å²) in [5.74, 6) is 0. The van der Waals surface area contributed by atoms with Gasteiger partial charge in [-0.3, -0.25) is 0 Å². The van der Waals surface area contributed by atoms with Crippen LogP contribution in [0.5, 0.6) is 0 Å². The molecule has 0 saturated carbocycles. The number of hydrogen-bond acceptors (Lipinski definition) is 1. The van der Waals surface area contributed by atoms with E-state index in [9.17, 15) is 0 Å². The van der Waals surface area contributed by atoms with Crippen molar-refractivity contribution in [3.05, 3.63) is 0 Å². The van der Waals surface area contributed by atoms with E-state index in [1.165, 1.54) is 0 Å². The normalized spacial score (nSPS) is 9.83. The van der Waals surface area contributed by atoms with Crippen molar-refractivity contribution in [2.75, 3.05) is 0 Å². The summed E-state index contributed by atoms with van der Waals surface area (Å²) in [6, 6.07) is 0. The van der Waals surface area contributed by atoms with Crippen molar-refractivity contribution in [3.63, 3.8) is 0 Å². The van der Waals surface area contributed by atoms with Gasteiger partial charge in [-0.25, -0.2) is 0 Å². The Labute approximate surface area is 53.0 Å². The molecule has 0 bridgehead atoms. The molecule has 0 rings (SSSR count). The first-order chi connectivity index (χ1) is 2.00. The average Bonchev–Trinajstić information content (AvgIpc) is 0.722. The second-order valence-electron chi connectivity index (χ2n) is 0.513. The number of hydrogen-bond donors (Lipinski definition) is 3. The SMILES string of the molecule is O=[As](O)(O)O.[Ta]. The summed E-state index contributed by atoms with van der Waals surface area (Å²) in [6.07, 6.45) is 0. The minimum atomic E-state index is -5.12. The van der Waals surface area contributed by atoms with Crippen molar-refractivity contribution in [1.82, 2.24) is 0 Å². The third-order valence-corrected chi connectivity index (χ3v) is 0. The van der Waals surface area contributed by atoms with Crippen LogP contribution in [0.25, 0.3) is 0 Å². The summed E-state index contributed by atoms with van der Waals surface area (Å²) in [4.78, 5) is 0. The monoisotopic (exact) mass is 323 g/mol. The van der Waals surface area contributed by atoms with E-state index in [1.54, 1.807) is 0 Å². The first-order valence-corrected chi connectivity index (χ1v) is 4.07. The molecule has 0 aromatic carbocycles. The zero-order valence-electron chi connectivity index (χ0n) is 2.64. The van der Waals surface area contributed by atoms with Gasteiger partial charge in [0.05, 0.1) is 0 Å². The van der Waals surface area contributed by atoms with Gasteiger partial charge in [0.1, 0.15) is 0 Å². The third kappa shape index (κ3) is 82.3. The number of rotatable bonds is 0. The first-order valence-electron chi connectivity index (χ1n) is 0.783. The van der Waals surface area contributed by atoms with E-state index >= 15 is 0 Å². The molecule has 0 aromatic rings. The van der Waals surface area contributed by atoms with Crippen LogP contribution < -0.4 is 0 Å². The summed E-state index contributed by atoms with van der Waals surface area (Å²) in [5, 5.41) is 0. The van der Waals surface area contributed by atoms with E-state index in [4.69, 9.17) is 16.0 Å². The van der Waals surface area contributed by atoms with Gasteiger partial charge in [-0.2, -0.15) is 0 Å². The predicted octanol–water partition coefficient (Wildman–Crippen LogP) is -2.17. The van der Waals surface area contributed by atoms with E-state index in [0.29, 0.717) is 0 Å². The maximum absolute atomic E-state index is 8.94. The molecule has 6 heavy (non-hydrogen) atoms. The third-order valence-electron chi connectivity index (χ3n) is 0. The smallest absolute Gasteiger partial charge is 0 e. The van der Waals surface area contributed by atoms with Gasteiger partial charge < -0.3 is 0 Å². The van der Waals surface area contributed by atoms with E-state index in [-0.39, 0.29) is 22.4 Å². The van der Waals surface area contributed by atoms with Crippen molar-refractivity contribution < 1.29 is 38.4 Å². The summed E-state index contributed by atoms with van der Waals surface area (Å²) in [7, 11) is 0. The quantitative estimate of drug-likeness (QED) is 0.444. The van der Waals surface area contributed by atoms with E-state index < -0.39 is 14.5 Å². The van der Waals surface area contributed by atoms with Crippen LogP contribution in [0.1, 0.15) is 0 Å². The van der Waals surface area contributed by atoms with Crippen molar-refractivity contribution in [2.24, 2.45) is 0 Å². The molecule has 0 heterocycles. The van der Waals surface area contributed by atoms with E-state index in [1.807, 2.05) is 0 Å². The second kappa shape index (κ2) is 3.04. The standard InChI is InChI=1S/AsH3O4.Ta/c2-1(3,4)5;/h(H3,2,3,4,5);. The van der Waals surface area contributed by atoms with Gasteiger partial charge in [0.25, 0.3) is 0 Å². The molecule has 0 spiro atoms. The van der Waals surface area contributed by atoms with Crippen LogP contribution in [-0.2, 0) is 26.1 Å². The van der Waals surface area contributed by atoms with Crippen LogP contribution in [-0.4, -0.2) is 26.8 Å². The van der Waals surface area contributed by atoms with Gasteiger partial charge in [-0.1, -0.05) is 0 Å². The van der Waals surface area contributed by atoms with Gasteiger partial charge in [-0.05, 0) is 0 Å². The summed E-state index contributed by atoms with van der Waals surface area (Å²) < 4.78 is 30.7. The van der Waals surface area contributed by atoms with Gasteiger partial charge in [-0.15, -0.1) is 0 Å². The van der Waals surface area contributed by atoms with Gasteiger partial charge in [0, 0.05) is 22.4 Å². The fraction of sp³-hybridized carbons (Fsp3) is 0. The van der Waals surface area contributed by atoms with Crippen LogP contribution in [0.15, 0.2) is 0 Å². The minimum Gasteiger partial charge on any atom is 0 e.